The number of piperazine rings is 1. The van der Waals surface area contributed by atoms with E-state index in [-0.39, 0.29) is 17.2 Å². The third kappa shape index (κ3) is 4.13. The largest absolute Gasteiger partial charge is 0.344 e. The molecule has 2 amide bonds. The van der Waals surface area contributed by atoms with Crippen LogP contribution < -0.4 is 5.32 Å². The Hall–Kier alpha value is -1.88. The summed E-state index contributed by atoms with van der Waals surface area (Å²) in [4.78, 5) is 30.7. The van der Waals surface area contributed by atoms with Crippen LogP contribution in [0.1, 0.15) is 56.6 Å². The number of rotatable bonds is 5. The molecule has 4 bridgehead atoms. The van der Waals surface area contributed by atoms with Crippen LogP contribution in [0.3, 0.4) is 0 Å². The first kappa shape index (κ1) is 21.0. The second-order valence-corrected chi connectivity index (χ2v) is 10.9. The molecule has 168 valence electrons. The van der Waals surface area contributed by atoms with Gasteiger partial charge >= 0.3 is 0 Å². The lowest BCUT2D eigenvalue weighted by molar-refractivity contribution is -0.150. The van der Waals surface area contributed by atoms with Gasteiger partial charge < -0.3 is 10.2 Å². The number of nitrogens with zero attached hydrogens (tertiary/aromatic N) is 2. The molecule has 0 aromatic heterocycles. The second kappa shape index (κ2) is 8.23. The molecule has 1 heterocycles. The van der Waals surface area contributed by atoms with Gasteiger partial charge in [0.15, 0.2) is 0 Å². The summed E-state index contributed by atoms with van der Waals surface area (Å²) in [6.45, 7) is 8.22. The predicted octanol–water partition coefficient (Wildman–Crippen LogP) is 3.36. The molecular weight excluding hydrogens is 386 g/mol. The lowest BCUT2D eigenvalue weighted by Crippen LogP contribution is -2.58. The molecule has 5 aliphatic rings. The molecule has 4 saturated carbocycles. The van der Waals surface area contributed by atoms with Crippen LogP contribution in [0, 0.1) is 30.1 Å². The molecule has 5 nitrogen and oxygen atoms in total. The van der Waals surface area contributed by atoms with Gasteiger partial charge in [-0.1, -0.05) is 24.3 Å². The highest BCUT2D eigenvalue weighted by Gasteiger charge is 2.54. The van der Waals surface area contributed by atoms with Gasteiger partial charge in [0.05, 0.1) is 0 Å². The number of aryl methyl sites for hydroxylation is 1. The fourth-order valence-corrected chi connectivity index (χ4v) is 7.23. The van der Waals surface area contributed by atoms with Crippen LogP contribution >= 0.6 is 0 Å². The number of hydrogen-bond donors (Lipinski definition) is 1. The monoisotopic (exact) mass is 423 g/mol. The van der Waals surface area contributed by atoms with Gasteiger partial charge in [-0.25, -0.2) is 0 Å². The SMILES string of the molecule is Cc1ccccc1CN1CCN(C(=O)[C@H](C)NC(=O)C23CC4CC(CC(C4)C2)C3)CC1. The molecule has 0 unspecified atom stereocenters. The number of nitrogens with one attached hydrogen (secondary N) is 1. The molecule has 1 atom stereocenters. The topological polar surface area (TPSA) is 52.6 Å². The molecule has 5 fully saturated rings. The van der Waals surface area contributed by atoms with Crippen LogP contribution in [0.5, 0.6) is 0 Å². The summed E-state index contributed by atoms with van der Waals surface area (Å²) in [5, 5.41) is 3.15. The number of hydrogen-bond acceptors (Lipinski definition) is 3. The van der Waals surface area contributed by atoms with Crippen LogP contribution in [-0.4, -0.2) is 53.8 Å². The highest BCUT2D eigenvalue weighted by Crippen LogP contribution is 2.60. The van der Waals surface area contributed by atoms with Gasteiger partial charge in [0.25, 0.3) is 0 Å². The molecule has 5 heteroatoms. The maximum absolute atomic E-state index is 13.3. The van der Waals surface area contributed by atoms with E-state index in [1.54, 1.807) is 0 Å². The quantitative estimate of drug-likeness (QED) is 0.790. The van der Waals surface area contributed by atoms with Gasteiger partial charge in [0.1, 0.15) is 6.04 Å². The molecule has 4 aliphatic carbocycles. The van der Waals surface area contributed by atoms with Crippen molar-refractivity contribution in [2.45, 2.75) is 65.0 Å². The van der Waals surface area contributed by atoms with Crippen LogP contribution in [0.2, 0.25) is 0 Å². The van der Waals surface area contributed by atoms with Crippen molar-refractivity contribution in [3.8, 4) is 0 Å². The van der Waals surface area contributed by atoms with Crippen LogP contribution in [-0.2, 0) is 16.1 Å². The average Bonchev–Trinajstić information content (AvgIpc) is 2.74. The van der Waals surface area contributed by atoms with Crippen molar-refractivity contribution in [3.63, 3.8) is 0 Å². The maximum Gasteiger partial charge on any atom is 0.244 e. The molecular formula is C26H37N3O2. The minimum Gasteiger partial charge on any atom is -0.344 e. The van der Waals surface area contributed by atoms with Crippen molar-refractivity contribution >= 4 is 11.8 Å². The van der Waals surface area contributed by atoms with E-state index in [1.165, 1.54) is 30.4 Å². The minimum atomic E-state index is -0.427. The third-order valence-electron chi connectivity index (χ3n) is 8.58. The summed E-state index contributed by atoms with van der Waals surface area (Å²) in [5.74, 6) is 2.46. The number of carbonyl (C=O) groups is 2. The number of benzene rings is 1. The Labute approximate surface area is 186 Å². The Balaban J connectivity index is 1.13. The highest BCUT2D eigenvalue weighted by atomic mass is 16.2. The molecule has 31 heavy (non-hydrogen) atoms. The molecule has 1 aromatic carbocycles. The summed E-state index contributed by atoms with van der Waals surface area (Å²) in [7, 11) is 0. The Morgan fingerprint density at radius 2 is 1.58 bits per heavy atom. The summed E-state index contributed by atoms with van der Waals surface area (Å²) < 4.78 is 0. The molecule has 0 radical (unpaired) electrons. The zero-order valence-corrected chi connectivity index (χ0v) is 19.1. The Morgan fingerprint density at radius 3 is 2.16 bits per heavy atom. The van der Waals surface area contributed by atoms with Gasteiger partial charge in [-0.3, -0.25) is 14.5 Å². The Bertz CT molecular complexity index is 808. The van der Waals surface area contributed by atoms with E-state index in [0.717, 1.165) is 69.7 Å². The molecule has 1 aliphatic heterocycles. The van der Waals surface area contributed by atoms with Gasteiger partial charge in [0.2, 0.25) is 11.8 Å². The van der Waals surface area contributed by atoms with Crippen molar-refractivity contribution in [2.24, 2.45) is 23.2 Å². The Kier molecular flexibility index (Phi) is 5.58. The fourth-order valence-electron chi connectivity index (χ4n) is 7.23. The van der Waals surface area contributed by atoms with E-state index in [4.69, 9.17) is 0 Å². The highest BCUT2D eigenvalue weighted by molar-refractivity contribution is 5.90. The third-order valence-corrected chi connectivity index (χ3v) is 8.58. The molecule has 1 saturated heterocycles. The van der Waals surface area contributed by atoms with E-state index in [1.807, 2.05) is 11.8 Å². The molecule has 1 N–H and O–H groups in total. The first-order valence-electron chi connectivity index (χ1n) is 12.3. The van der Waals surface area contributed by atoms with Crippen molar-refractivity contribution in [3.05, 3.63) is 35.4 Å². The number of carbonyl (C=O) groups excluding carboxylic acids is 2. The molecule has 1 aromatic rings. The lowest BCUT2D eigenvalue weighted by Gasteiger charge is -2.55. The van der Waals surface area contributed by atoms with E-state index < -0.39 is 6.04 Å². The van der Waals surface area contributed by atoms with Crippen molar-refractivity contribution in [1.29, 1.82) is 0 Å². The smallest absolute Gasteiger partial charge is 0.244 e. The summed E-state index contributed by atoms with van der Waals surface area (Å²) in [6.07, 6.45) is 7.12. The molecule has 6 rings (SSSR count). The lowest BCUT2D eigenvalue weighted by atomic mass is 9.49. The van der Waals surface area contributed by atoms with Crippen molar-refractivity contribution in [2.75, 3.05) is 26.2 Å². The summed E-state index contributed by atoms with van der Waals surface area (Å²) >= 11 is 0. The zero-order valence-electron chi connectivity index (χ0n) is 19.1. The van der Waals surface area contributed by atoms with E-state index in [2.05, 4.69) is 41.4 Å². The summed E-state index contributed by atoms with van der Waals surface area (Å²) in [5.41, 5.74) is 2.50. The fraction of sp³-hybridized carbons (Fsp3) is 0.692. The van der Waals surface area contributed by atoms with Gasteiger partial charge in [-0.2, -0.15) is 0 Å². The minimum absolute atomic E-state index is 0.0774. The Morgan fingerprint density at radius 1 is 1.00 bits per heavy atom. The van der Waals surface area contributed by atoms with Gasteiger partial charge in [-0.05, 0) is 81.3 Å². The normalized spacial score (nSPS) is 33.4. The maximum atomic E-state index is 13.3. The standard InChI is InChI=1S/C26H37N3O2/c1-18-5-3-4-6-23(18)17-28-7-9-29(10-8-28)24(30)19(2)27-25(31)26-14-20-11-21(15-26)13-22(12-20)16-26/h3-6,19-22H,7-17H2,1-2H3,(H,27,31)/t19-,20?,21?,22?,26?/m0/s1. The van der Waals surface area contributed by atoms with Crippen molar-refractivity contribution in [1.82, 2.24) is 15.1 Å². The van der Waals surface area contributed by atoms with E-state index in [0.29, 0.717) is 0 Å². The van der Waals surface area contributed by atoms with E-state index in [9.17, 15) is 9.59 Å². The van der Waals surface area contributed by atoms with Crippen LogP contribution in [0.15, 0.2) is 24.3 Å². The first-order valence-corrected chi connectivity index (χ1v) is 12.3. The van der Waals surface area contributed by atoms with Crippen LogP contribution in [0.25, 0.3) is 0 Å². The average molecular weight is 424 g/mol. The van der Waals surface area contributed by atoms with Crippen molar-refractivity contribution < 1.29 is 9.59 Å². The first-order chi connectivity index (χ1) is 14.9. The zero-order chi connectivity index (χ0) is 21.6. The molecule has 0 spiro atoms. The predicted molar refractivity (Wildman–Crippen MR) is 121 cm³/mol. The van der Waals surface area contributed by atoms with E-state index >= 15 is 0 Å². The van der Waals surface area contributed by atoms with Crippen LogP contribution in [0.4, 0.5) is 0 Å². The second-order valence-electron chi connectivity index (χ2n) is 10.9. The van der Waals surface area contributed by atoms with Gasteiger partial charge in [0, 0.05) is 38.1 Å². The number of amides is 2. The summed E-state index contributed by atoms with van der Waals surface area (Å²) in [6, 6.07) is 8.09. The van der Waals surface area contributed by atoms with Gasteiger partial charge in [-0.15, -0.1) is 0 Å².